The molecule has 2 rings (SSSR count). The first-order valence-corrected chi connectivity index (χ1v) is 8.65. The van der Waals surface area contributed by atoms with Crippen molar-refractivity contribution >= 4 is 15.9 Å². The fourth-order valence-corrected chi connectivity index (χ4v) is 2.22. The second-order valence-electron chi connectivity index (χ2n) is 4.94. The van der Waals surface area contributed by atoms with Crippen molar-refractivity contribution in [2.75, 3.05) is 6.26 Å². The number of halogens is 1. The zero-order valence-corrected chi connectivity index (χ0v) is 13.2. The highest BCUT2D eigenvalue weighted by molar-refractivity contribution is 7.88. The first-order valence-electron chi connectivity index (χ1n) is 6.76. The van der Waals surface area contributed by atoms with Crippen molar-refractivity contribution in [3.8, 4) is 0 Å². The average Bonchev–Trinajstić information content (AvgIpc) is 2.52. The standard InChI is InChI=1S/C15H16FN3O3S/c1-23(21,22)19-10-14-8-12(6-7-17-14)15(20)18-9-11-2-4-13(16)5-3-11/h2-8,19H,9-10H2,1H3,(H,18,20). The lowest BCUT2D eigenvalue weighted by atomic mass is 10.2. The highest BCUT2D eigenvalue weighted by Gasteiger charge is 2.08. The Morgan fingerprint density at radius 2 is 1.87 bits per heavy atom. The van der Waals surface area contributed by atoms with Gasteiger partial charge in [0.15, 0.2) is 0 Å². The zero-order chi connectivity index (χ0) is 16.9. The van der Waals surface area contributed by atoms with E-state index in [4.69, 9.17) is 0 Å². The molecule has 1 amide bonds. The Balaban J connectivity index is 1.97. The molecule has 0 spiro atoms. The van der Waals surface area contributed by atoms with Gasteiger partial charge in [0.2, 0.25) is 10.0 Å². The molecular formula is C15H16FN3O3S. The molecule has 0 unspecified atom stereocenters. The molecule has 0 aliphatic carbocycles. The van der Waals surface area contributed by atoms with E-state index >= 15 is 0 Å². The Hall–Kier alpha value is -2.32. The van der Waals surface area contributed by atoms with Crippen molar-refractivity contribution in [3.05, 3.63) is 65.2 Å². The third kappa shape index (κ3) is 5.76. The van der Waals surface area contributed by atoms with Crippen LogP contribution in [-0.4, -0.2) is 25.6 Å². The summed E-state index contributed by atoms with van der Waals surface area (Å²) in [6.45, 7) is 0.274. The van der Waals surface area contributed by atoms with E-state index in [0.717, 1.165) is 11.8 Å². The number of carbonyl (C=O) groups excluding carboxylic acids is 1. The summed E-state index contributed by atoms with van der Waals surface area (Å²) in [6, 6.07) is 8.86. The van der Waals surface area contributed by atoms with E-state index in [1.54, 1.807) is 12.1 Å². The number of carbonyl (C=O) groups is 1. The molecular weight excluding hydrogens is 321 g/mol. The molecule has 1 aromatic carbocycles. The molecule has 1 aromatic heterocycles. The molecule has 2 aromatic rings. The predicted octanol–water partition coefficient (Wildman–Crippen LogP) is 1.20. The maximum Gasteiger partial charge on any atom is 0.251 e. The second-order valence-corrected chi connectivity index (χ2v) is 6.77. The third-order valence-electron chi connectivity index (χ3n) is 2.96. The Bertz CT molecular complexity index is 792. The van der Waals surface area contributed by atoms with E-state index in [0.29, 0.717) is 11.3 Å². The van der Waals surface area contributed by atoms with Crippen LogP contribution in [-0.2, 0) is 23.1 Å². The van der Waals surface area contributed by atoms with Gasteiger partial charge in [-0.2, -0.15) is 0 Å². The van der Waals surface area contributed by atoms with Crippen molar-refractivity contribution in [1.29, 1.82) is 0 Å². The molecule has 0 aliphatic heterocycles. The van der Waals surface area contributed by atoms with Gasteiger partial charge in [-0.15, -0.1) is 0 Å². The third-order valence-corrected chi connectivity index (χ3v) is 3.63. The maximum absolute atomic E-state index is 12.8. The van der Waals surface area contributed by atoms with E-state index in [1.165, 1.54) is 30.5 Å². The summed E-state index contributed by atoms with van der Waals surface area (Å²) in [5, 5.41) is 2.71. The van der Waals surface area contributed by atoms with Crippen LogP contribution in [0.4, 0.5) is 4.39 Å². The monoisotopic (exact) mass is 337 g/mol. The summed E-state index contributed by atoms with van der Waals surface area (Å²) in [6.07, 6.45) is 2.48. The number of hydrogen-bond acceptors (Lipinski definition) is 4. The van der Waals surface area contributed by atoms with Crippen LogP contribution >= 0.6 is 0 Å². The van der Waals surface area contributed by atoms with Crippen molar-refractivity contribution in [3.63, 3.8) is 0 Å². The van der Waals surface area contributed by atoms with E-state index in [1.807, 2.05) is 0 Å². The minimum atomic E-state index is -3.33. The van der Waals surface area contributed by atoms with Crippen LogP contribution < -0.4 is 10.0 Å². The minimum Gasteiger partial charge on any atom is -0.348 e. The van der Waals surface area contributed by atoms with Crippen molar-refractivity contribution < 1.29 is 17.6 Å². The number of amides is 1. The summed E-state index contributed by atoms with van der Waals surface area (Å²) < 4.78 is 37.2. The Labute approximate surface area is 133 Å². The molecule has 122 valence electrons. The highest BCUT2D eigenvalue weighted by Crippen LogP contribution is 2.05. The van der Waals surface area contributed by atoms with Crippen molar-refractivity contribution in [1.82, 2.24) is 15.0 Å². The number of aromatic nitrogens is 1. The summed E-state index contributed by atoms with van der Waals surface area (Å²) in [5.41, 5.74) is 1.57. The Morgan fingerprint density at radius 1 is 1.17 bits per heavy atom. The first kappa shape index (κ1) is 17.0. The lowest BCUT2D eigenvalue weighted by molar-refractivity contribution is 0.0950. The summed E-state index contributed by atoms with van der Waals surface area (Å²) >= 11 is 0. The van der Waals surface area contributed by atoms with Gasteiger partial charge in [0.05, 0.1) is 18.5 Å². The van der Waals surface area contributed by atoms with Crippen molar-refractivity contribution in [2.45, 2.75) is 13.1 Å². The first-order chi connectivity index (χ1) is 10.8. The van der Waals surface area contributed by atoms with Gasteiger partial charge >= 0.3 is 0 Å². The van der Waals surface area contributed by atoms with Gasteiger partial charge in [0.25, 0.3) is 5.91 Å². The molecule has 23 heavy (non-hydrogen) atoms. The van der Waals surface area contributed by atoms with Gasteiger partial charge in [0, 0.05) is 18.3 Å². The van der Waals surface area contributed by atoms with E-state index in [-0.39, 0.29) is 24.8 Å². The Morgan fingerprint density at radius 3 is 2.52 bits per heavy atom. The number of sulfonamides is 1. The van der Waals surface area contributed by atoms with Gasteiger partial charge in [-0.05, 0) is 29.8 Å². The van der Waals surface area contributed by atoms with Gasteiger partial charge in [-0.3, -0.25) is 9.78 Å². The van der Waals surface area contributed by atoms with Crippen molar-refractivity contribution in [2.24, 2.45) is 0 Å². The normalized spacial score (nSPS) is 11.2. The predicted molar refractivity (Wildman–Crippen MR) is 83.5 cm³/mol. The number of benzene rings is 1. The fourth-order valence-electron chi connectivity index (χ4n) is 1.81. The van der Waals surface area contributed by atoms with E-state index in [2.05, 4.69) is 15.0 Å². The summed E-state index contributed by atoms with van der Waals surface area (Å²) in [5.74, 6) is -0.658. The molecule has 0 saturated heterocycles. The molecule has 0 radical (unpaired) electrons. The van der Waals surface area contributed by atoms with Crippen LogP contribution in [0.1, 0.15) is 21.6 Å². The molecule has 0 saturated carbocycles. The average molecular weight is 337 g/mol. The molecule has 0 aliphatic rings. The molecule has 0 atom stereocenters. The van der Waals surface area contributed by atoms with Gasteiger partial charge in [-0.1, -0.05) is 12.1 Å². The number of pyridine rings is 1. The molecule has 1 heterocycles. The number of nitrogens with one attached hydrogen (secondary N) is 2. The van der Waals surface area contributed by atoms with E-state index < -0.39 is 10.0 Å². The second kappa shape index (κ2) is 7.30. The maximum atomic E-state index is 12.8. The lowest BCUT2D eigenvalue weighted by Gasteiger charge is -2.07. The topological polar surface area (TPSA) is 88.2 Å². The SMILES string of the molecule is CS(=O)(=O)NCc1cc(C(=O)NCc2ccc(F)cc2)ccn1. The summed E-state index contributed by atoms with van der Waals surface area (Å²) in [4.78, 5) is 16.1. The van der Waals surface area contributed by atoms with Crippen LogP contribution in [0, 0.1) is 5.82 Å². The minimum absolute atomic E-state index is 0.0118. The van der Waals surface area contributed by atoms with Crippen LogP contribution in [0.2, 0.25) is 0 Å². The molecule has 0 bridgehead atoms. The summed E-state index contributed by atoms with van der Waals surface area (Å²) in [7, 11) is -3.33. The molecule has 2 N–H and O–H groups in total. The number of nitrogens with zero attached hydrogens (tertiary/aromatic N) is 1. The lowest BCUT2D eigenvalue weighted by Crippen LogP contribution is -2.24. The highest BCUT2D eigenvalue weighted by atomic mass is 32.2. The molecule has 0 fully saturated rings. The Kier molecular flexibility index (Phi) is 5.41. The van der Waals surface area contributed by atoms with Crippen LogP contribution in [0.25, 0.3) is 0 Å². The van der Waals surface area contributed by atoms with Crippen LogP contribution in [0.15, 0.2) is 42.6 Å². The van der Waals surface area contributed by atoms with Gasteiger partial charge < -0.3 is 5.32 Å². The smallest absolute Gasteiger partial charge is 0.251 e. The van der Waals surface area contributed by atoms with Gasteiger partial charge in [0.1, 0.15) is 5.82 Å². The zero-order valence-electron chi connectivity index (χ0n) is 12.4. The largest absolute Gasteiger partial charge is 0.348 e. The fraction of sp³-hybridized carbons (Fsp3) is 0.200. The molecule has 6 nitrogen and oxygen atoms in total. The number of rotatable bonds is 6. The van der Waals surface area contributed by atoms with Gasteiger partial charge in [-0.25, -0.2) is 17.5 Å². The number of hydrogen-bond donors (Lipinski definition) is 2. The van der Waals surface area contributed by atoms with E-state index in [9.17, 15) is 17.6 Å². The van der Waals surface area contributed by atoms with Crippen LogP contribution in [0.5, 0.6) is 0 Å². The molecule has 8 heteroatoms. The quantitative estimate of drug-likeness (QED) is 0.829. The van der Waals surface area contributed by atoms with Crippen LogP contribution in [0.3, 0.4) is 0 Å².